The van der Waals surface area contributed by atoms with E-state index in [0.717, 1.165) is 24.2 Å². The topological polar surface area (TPSA) is 61.9 Å². The molecule has 1 aliphatic heterocycles. The molecule has 6 nitrogen and oxygen atoms in total. The van der Waals surface area contributed by atoms with Gasteiger partial charge in [0.15, 0.2) is 0 Å². The lowest BCUT2D eigenvalue weighted by Gasteiger charge is -2.31. The van der Waals surface area contributed by atoms with Gasteiger partial charge < -0.3 is 14.5 Å². The molecular weight excluding hydrogens is 374 g/mol. The second-order valence-electron chi connectivity index (χ2n) is 7.23. The normalized spacial score (nSPS) is 14.8. The van der Waals surface area contributed by atoms with E-state index in [1.807, 2.05) is 20.2 Å². The molecule has 1 aliphatic rings. The van der Waals surface area contributed by atoms with Crippen molar-refractivity contribution in [2.75, 3.05) is 56.5 Å². The molecule has 0 unspecified atom stereocenters. The van der Waals surface area contributed by atoms with Crippen LogP contribution in [0.4, 0.5) is 11.4 Å². The van der Waals surface area contributed by atoms with E-state index in [-0.39, 0.29) is 18.4 Å². The lowest BCUT2D eigenvalue weighted by atomic mass is 10.0. The molecule has 0 amide bonds. The van der Waals surface area contributed by atoms with Crippen LogP contribution in [0.1, 0.15) is 17.2 Å². The molecule has 1 N–H and O–H groups in total. The Labute approximate surface area is 168 Å². The predicted octanol–water partition coefficient (Wildman–Crippen LogP) is 2.42. The maximum atomic E-state index is 12.3. The lowest BCUT2D eigenvalue weighted by molar-refractivity contribution is 0.217. The number of fused-ring (bicyclic) bond motifs is 1. The third kappa shape index (κ3) is 4.84. The molecule has 0 spiro atoms. The van der Waals surface area contributed by atoms with Crippen LogP contribution in [-0.4, -0.2) is 55.1 Å². The first-order valence-electron chi connectivity index (χ1n) is 9.49. The van der Waals surface area contributed by atoms with Crippen LogP contribution in [0.25, 0.3) is 0 Å². The second kappa shape index (κ2) is 8.94. The van der Waals surface area contributed by atoms with E-state index >= 15 is 0 Å². The number of methoxy groups -OCH3 is 1. The first-order chi connectivity index (χ1) is 13.4. The molecule has 2 aromatic carbocycles. The van der Waals surface area contributed by atoms with Gasteiger partial charge in [-0.05, 0) is 35.7 Å². The van der Waals surface area contributed by atoms with Crippen LogP contribution in [0, 0.1) is 0 Å². The first-order valence-corrected chi connectivity index (χ1v) is 11.1. The summed E-state index contributed by atoms with van der Waals surface area (Å²) in [6.45, 7) is 1.38. The molecule has 0 fully saturated rings. The Morgan fingerprint density at radius 1 is 1.14 bits per heavy atom. The number of rotatable bonds is 9. The van der Waals surface area contributed by atoms with Crippen molar-refractivity contribution in [1.29, 1.82) is 0 Å². The molecule has 3 rings (SSSR count). The van der Waals surface area contributed by atoms with Gasteiger partial charge in [0.25, 0.3) is 0 Å². The van der Waals surface area contributed by atoms with Crippen LogP contribution in [0.15, 0.2) is 48.5 Å². The SMILES string of the molecule is COCCS(=O)(=O)NC[C@@H](c1ccc(N(C)C)cc1)N1CCc2ccccc21. The van der Waals surface area contributed by atoms with Crippen molar-refractivity contribution in [1.82, 2.24) is 4.72 Å². The number of sulfonamides is 1. The molecule has 0 saturated carbocycles. The molecule has 0 radical (unpaired) electrons. The highest BCUT2D eigenvalue weighted by atomic mass is 32.2. The van der Waals surface area contributed by atoms with Gasteiger partial charge in [-0.15, -0.1) is 0 Å². The average Bonchev–Trinajstić information content (AvgIpc) is 3.11. The largest absolute Gasteiger partial charge is 0.384 e. The molecule has 0 bridgehead atoms. The number of nitrogens with zero attached hydrogens (tertiary/aromatic N) is 2. The Hall–Kier alpha value is -2.09. The van der Waals surface area contributed by atoms with E-state index in [9.17, 15) is 8.42 Å². The summed E-state index contributed by atoms with van der Waals surface area (Å²) in [5.74, 6) is -0.0353. The van der Waals surface area contributed by atoms with Gasteiger partial charge in [-0.2, -0.15) is 0 Å². The summed E-state index contributed by atoms with van der Waals surface area (Å²) in [5.41, 5.74) is 4.70. The fourth-order valence-corrected chi connectivity index (χ4v) is 4.50. The molecule has 7 heteroatoms. The van der Waals surface area contributed by atoms with E-state index in [1.54, 1.807) is 0 Å². The summed E-state index contributed by atoms with van der Waals surface area (Å²) in [6, 6.07) is 16.6. The van der Waals surface area contributed by atoms with Crippen molar-refractivity contribution in [3.63, 3.8) is 0 Å². The highest BCUT2D eigenvalue weighted by molar-refractivity contribution is 7.89. The number of hydrogen-bond acceptors (Lipinski definition) is 5. The zero-order valence-corrected chi connectivity index (χ0v) is 17.6. The van der Waals surface area contributed by atoms with E-state index < -0.39 is 10.0 Å². The number of anilines is 2. The molecule has 0 aliphatic carbocycles. The monoisotopic (exact) mass is 403 g/mol. The average molecular weight is 404 g/mol. The summed E-state index contributed by atoms with van der Waals surface area (Å²) >= 11 is 0. The van der Waals surface area contributed by atoms with Gasteiger partial charge in [0.2, 0.25) is 10.0 Å². The number of ether oxygens (including phenoxy) is 1. The minimum atomic E-state index is -3.39. The first kappa shape index (κ1) is 20.6. The minimum Gasteiger partial charge on any atom is -0.384 e. The van der Waals surface area contributed by atoms with Crippen molar-refractivity contribution < 1.29 is 13.2 Å². The van der Waals surface area contributed by atoms with Crippen LogP contribution in [0.2, 0.25) is 0 Å². The third-order valence-electron chi connectivity index (χ3n) is 5.15. The van der Waals surface area contributed by atoms with Crippen LogP contribution < -0.4 is 14.5 Å². The predicted molar refractivity (Wildman–Crippen MR) is 115 cm³/mol. The van der Waals surface area contributed by atoms with E-state index in [0.29, 0.717) is 6.54 Å². The molecule has 1 heterocycles. The van der Waals surface area contributed by atoms with E-state index in [2.05, 4.69) is 57.0 Å². The summed E-state index contributed by atoms with van der Waals surface area (Å²) in [4.78, 5) is 4.36. The summed E-state index contributed by atoms with van der Waals surface area (Å²) in [6.07, 6.45) is 0.971. The maximum absolute atomic E-state index is 12.3. The van der Waals surface area contributed by atoms with Crippen molar-refractivity contribution in [3.05, 3.63) is 59.7 Å². The van der Waals surface area contributed by atoms with Gasteiger partial charge in [0.05, 0.1) is 18.4 Å². The third-order valence-corrected chi connectivity index (χ3v) is 6.46. The Morgan fingerprint density at radius 2 is 1.86 bits per heavy atom. The van der Waals surface area contributed by atoms with Gasteiger partial charge in [0.1, 0.15) is 0 Å². The van der Waals surface area contributed by atoms with Gasteiger partial charge >= 0.3 is 0 Å². The molecule has 2 aromatic rings. The Balaban J connectivity index is 1.86. The van der Waals surface area contributed by atoms with Crippen LogP contribution in [0.3, 0.4) is 0 Å². The maximum Gasteiger partial charge on any atom is 0.213 e. The van der Waals surface area contributed by atoms with Gasteiger partial charge in [0, 0.05) is 45.7 Å². The summed E-state index contributed by atoms with van der Waals surface area (Å²) in [7, 11) is 2.13. The zero-order chi connectivity index (χ0) is 20.1. The number of hydrogen-bond donors (Lipinski definition) is 1. The molecular formula is C21H29N3O3S. The van der Waals surface area contributed by atoms with Crippen LogP contribution in [-0.2, 0) is 21.2 Å². The summed E-state index contributed by atoms with van der Waals surface area (Å²) < 4.78 is 32.3. The molecule has 0 saturated heterocycles. The number of para-hydroxylation sites is 1. The highest BCUT2D eigenvalue weighted by Gasteiger charge is 2.28. The van der Waals surface area contributed by atoms with Crippen molar-refractivity contribution in [3.8, 4) is 0 Å². The second-order valence-corrected chi connectivity index (χ2v) is 9.16. The Kier molecular flexibility index (Phi) is 6.59. The highest BCUT2D eigenvalue weighted by Crippen LogP contribution is 2.35. The summed E-state index contributed by atoms with van der Waals surface area (Å²) in [5, 5.41) is 0. The number of benzene rings is 2. The smallest absolute Gasteiger partial charge is 0.213 e. The molecule has 28 heavy (non-hydrogen) atoms. The standard InChI is InChI=1S/C21H29N3O3S/c1-23(2)19-10-8-18(9-11-19)21(16-22-28(25,26)15-14-27-3)24-13-12-17-6-4-5-7-20(17)24/h4-11,21-22H,12-16H2,1-3H3/t21-/m0/s1. The quantitative estimate of drug-likeness (QED) is 0.697. The Morgan fingerprint density at radius 3 is 2.54 bits per heavy atom. The molecule has 152 valence electrons. The van der Waals surface area contributed by atoms with Crippen LogP contribution >= 0.6 is 0 Å². The minimum absolute atomic E-state index is 0.0353. The van der Waals surface area contributed by atoms with Crippen LogP contribution in [0.5, 0.6) is 0 Å². The lowest BCUT2D eigenvalue weighted by Crippen LogP contribution is -2.38. The van der Waals surface area contributed by atoms with E-state index in [1.165, 1.54) is 18.4 Å². The zero-order valence-electron chi connectivity index (χ0n) is 16.8. The van der Waals surface area contributed by atoms with Crippen molar-refractivity contribution >= 4 is 21.4 Å². The Bertz CT molecular complexity index is 882. The van der Waals surface area contributed by atoms with Crippen molar-refractivity contribution in [2.45, 2.75) is 12.5 Å². The van der Waals surface area contributed by atoms with Gasteiger partial charge in [-0.25, -0.2) is 13.1 Å². The molecule has 1 atom stereocenters. The number of nitrogens with one attached hydrogen (secondary N) is 1. The van der Waals surface area contributed by atoms with Gasteiger partial charge in [-0.3, -0.25) is 0 Å². The molecule has 0 aromatic heterocycles. The van der Waals surface area contributed by atoms with Gasteiger partial charge in [-0.1, -0.05) is 30.3 Å². The van der Waals surface area contributed by atoms with E-state index in [4.69, 9.17) is 4.74 Å². The fraction of sp³-hybridized carbons (Fsp3) is 0.429. The van der Waals surface area contributed by atoms with Crippen molar-refractivity contribution in [2.24, 2.45) is 0 Å². The fourth-order valence-electron chi connectivity index (χ4n) is 3.56.